The lowest BCUT2D eigenvalue weighted by atomic mass is 10.1. The Morgan fingerprint density at radius 1 is 0.780 bits per heavy atom. The molecule has 1 aliphatic heterocycles. The van der Waals surface area contributed by atoms with Gasteiger partial charge in [-0.3, -0.25) is 14.4 Å². The van der Waals surface area contributed by atoms with E-state index in [1.54, 1.807) is 72.8 Å². The molecule has 0 fully saturated rings. The van der Waals surface area contributed by atoms with Crippen LogP contribution in [0.5, 0.6) is 17.2 Å². The van der Waals surface area contributed by atoms with Gasteiger partial charge in [0.1, 0.15) is 17.2 Å². The summed E-state index contributed by atoms with van der Waals surface area (Å²) in [5.41, 5.74) is 2.36. The van der Waals surface area contributed by atoms with Gasteiger partial charge in [0.15, 0.2) is 9.84 Å². The molecule has 3 amide bonds. The van der Waals surface area contributed by atoms with Crippen LogP contribution in [0.2, 0.25) is 0 Å². The Kier molecular flexibility index (Phi) is 7.58. The Hall–Kier alpha value is -4.96. The third-order valence-electron chi connectivity index (χ3n) is 6.54. The van der Waals surface area contributed by atoms with Crippen LogP contribution >= 0.6 is 0 Å². The van der Waals surface area contributed by atoms with Crippen LogP contribution in [0.4, 0.5) is 11.4 Å². The summed E-state index contributed by atoms with van der Waals surface area (Å²) in [6.07, 6.45) is -0.191. The molecule has 0 bridgehead atoms. The molecule has 9 nitrogen and oxygen atoms in total. The van der Waals surface area contributed by atoms with E-state index in [1.165, 1.54) is 25.3 Å². The first-order chi connectivity index (χ1) is 19.6. The fourth-order valence-corrected chi connectivity index (χ4v) is 5.55. The summed E-state index contributed by atoms with van der Waals surface area (Å²) >= 11 is 0. The highest BCUT2D eigenvalue weighted by Crippen LogP contribution is 2.33. The zero-order valence-electron chi connectivity index (χ0n) is 22.3. The first kappa shape index (κ1) is 27.6. The molecule has 0 aliphatic carbocycles. The predicted molar refractivity (Wildman–Crippen MR) is 154 cm³/mol. The summed E-state index contributed by atoms with van der Waals surface area (Å²) in [6.45, 7) is 1.87. The SMILES string of the molecule is COc1ccc(N2C(=O)c3ccc(Oc4ccc(NC(=O)CCS(=O)(=O)c5ccc(C)cc5)cc4)cc3C2=O)cc1. The minimum Gasteiger partial charge on any atom is -0.497 e. The molecule has 10 heteroatoms. The number of imide groups is 1. The van der Waals surface area contributed by atoms with Crippen molar-refractivity contribution in [3.8, 4) is 17.2 Å². The van der Waals surface area contributed by atoms with Crippen LogP contribution in [0.1, 0.15) is 32.7 Å². The number of amides is 3. The van der Waals surface area contributed by atoms with E-state index in [1.807, 2.05) is 6.92 Å². The van der Waals surface area contributed by atoms with E-state index in [-0.39, 0.29) is 28.2 Å². The molecular weight excluding hydrogens is 544 g/mol. The lowest BCUT2D eigenvalue weighted by molar-refractivity contribution is -0.115. The fourth-order valence-electron chi connectivity index (χ4n) is 4.31. The van der Waals surface area contributed by atoms with Gasteiger partial charge in [-0.25, -0.2) is 13.3 Å². The summed E-state index contributed by atoms with van der Waals surface area (Å²) < 4.78 is 36.0. The van der Waals surface area contributed by atoms with Gasteiger partial charge < -0.3 is 14.8 Å². The second-order valence-corrected chi connectivity index (χ2v) is 11.5. The van der Waals surface area contributed by atoms with Crippen molar-refractivity contribution in [1.29, 1.82) is 0 Å². The van der Waals surface area contributed by atoms with E-state index in [0.717, 1.165) is 10.5 Å². The first-order valence-corrected chi connectivity index (χ1v) is 14.3. The van der Waals surface area contributed by atoms with Gasteiger partial charge in [-0.05, 0) is 85.8 Å². The number of carbonyl (C=O) groups is 3. The Bertz CT molecular complexity index is 1730. The van der Waals surface area contributed by atoms with Crippen LogP contribution < -0.4 is 19.7 Å². The van der Waals surface area contributed by atoms with Crippen LogP contribution in [0.3, 0.4) is 0 Å². The van der Waals surface area contributed by atoms with Crippen molar-refractivity contribution in [3.63, 3.8) is 0 Å². The molecule has 0 atom stereocenters. The molecule has 0 aromatic heterocycles. The Labute approximate surface area is 237 Å². The van der Waals surface area contributed by atoms with Crippen molar-refractivity contribution >= 4 is 38.9 Å². The molecule has 4 aromatic rings. The highest BCUT2D eigenvalue weighted by atomic mass is 32.2. The number of rotatable bonds is 9. The monoisotopic (exact) mass is 570 g/mol. The number of anilines is 2. The molecule has 0 radical (unpaired) electrons. The maximum atomic E-state index is 13.1. The average Bonchev–Trinajstić information content (AvgIpc) is 3.22. The molecule has 1 N–H and O–H groups in total. The van der Waals surface area contributed by atoms with Gasteiger partial charge in [0.05, 0.1) is 34.6 Å². The molecule has 0 saturated heterocycles. The van der Waals surface area contributed by atoms with Crippen molar-refractivity contribution in [2.45, 2.75) is 18.2 Å². The van der Waals surface area contributed by atoms with Crippen molar-refractivity contribution in [2.75, 3.05) is 23.1 Å². The van der Waals surface area contributed by atoms with Gasteiger partial charge in [-0.1, -0.05) is 17.7 Å². The molecule has 208 valence electrons. The molecule has 0 saturated carbocycles. The van der Waals surface area contributed by atoms with Crippen molar-refractivity contribution in [3.05, 3.63) is 108 Å². The summed E-state index contributed by atoms with van der Waals surface area (Å²) in [5.74, 6) is -0.210. The minimum absolute atomic E-state index is 0.184. The van der Waals surface area contributed by atoms with Gasteiger partial charge in [0, 0.05) is 12.1 Å². The number of carbonyl (C=O) groups excluding carboxylic acids is 3. The molecule has 4 aromatic carbocycles. The number of fused-ring (bicyclic) bond motifs is 1. The van der Waals surface area contributed by atoms with E-state index in [4.69, 9.17) is 9.47 Å². The maximum Gasteiger partial charge on any atom is 0.266 e. The van der Waals surface area contributed by atoms with E-state index in [0.29, 0.717) is 28.6 Å². The molecule has 41 heavy (non-hydrogen) atoms. The topological polar surface area (TPSA) is 119 Å². The van der Waals surface area contributed by atoms with E-state index in [9.17, 15) is 22.8 Å². The highest BCUT2D eigenvalue weighted by molar-refractivity contribution is 7.91. The summed E-state index contributed by atoms with van der Waals surface area (Å²) in [4.78, 5) is 39.6. The second kappa shape index (κ2) is 11.3. The zero-order valence-corrected chi connectivity index (χ0v) is 23.1. The standard InChI is InChI=1S/C31H26N2O7S/c1-20-3-14-26(15-4-20)41(37,38)18-17-29(34)32-21-5-9-24(10-6-21)40-25-13-16-27-28(19-25)31(36)33(30(27)35)22-7-11-23(39-2)12-8-22/h3-16,19H,17-18H2,1-2H3,(H,32,34). The largest absolute Gasteiger partial charge is 0.497 e. The number of methoxy groups -OCH3 is 1. The predicted octanol–water partition coefficient (Wildman–Crippen LogP) is 5.40. The molecule has 0 unspecified atom stereocenters. The van der Waals surface area contributed by atoms with Gasteiger partial charge in [0.2, 0.25) is 5.91 Å². The quantitative estimate of drug-likeness (QED) is 0.268. The molecule has 1 heterocycles. The fraction of sp³-hybridized carbons (Fsp3) is 0.129. The molecular formula is C31H26N2O7S. The summed E-state index contributed by atoms with van der Waals surface area (Å²) in [5, 5.41) is 2.68. The summed E-state index contributed by atoms with van der Waals surface area (Å²) in [6, 6.07) is 24.3. The van der Waals surface area contributed by atoms with Crippen LogP contribution in [0.25, 0.3) is 0 Å². The number of benzene rings is 4. The highest BCUT2D eigenvalue weighted by Gasteiger charge is 2.37. The second-order valence-electron chi connectivity index (χ2n) is 9.41. The first-order valence-electron chi connectivity index (χ1n) is 12.7. The van der Waals surface area contributed by atoms with Crippen LogP contribution in [0, 0.1) is 6.92 Å². The number of aryl methyl sites for hydroxylation is 1. The van der Waals surface area contributed by atoms with Crippen LogP contribution in [-0.4, -0.2) is 39.0 Å². The normalized spacial score (nSPS) is 12.7. The maximum absolute atomic E-state index is 13.1. The minimum atomic E-state index is -3.57. The average molecular weight is 571 g/mol. The third kappa shape index (κ3) is 5.97. The van der Waals surface area contributed by atoms with Crippen molar-refractivity contribution < 1.29 is 32.3 Å². The number of nitrogens with zero attached hydrogens (tertiary/aromatic N) is 1. The van der Waals surface area contributed by atoms with Gasteiger partial charge in [0.25, 0.3) is 11.8 Å². The summed E-state index contributed by atoms with van der Waals surface area (Å²) in [7, 11) is -2.04. The van der Waals surface area contributed by atoms with E-state index >= 15 is 0 Å². The van der Waals surface area contributed by atoms with Crippen molar-refractivity contribution in [1.82, 2.24) is 0 Å². The lowest BCUT2D eigenvalue weighted by Gasteiger charge is -2.14. The number of sulfone groups is 1. The number of nitrogens with one attached hydrogen (secondary N) is 1. The molecule has 0 spiro atoms. The van der Waals surface area contributed by atoms with Crippen LogP contribution in [-0.2, 0) is 14.6 Å². The third-order valence-corrected chi connectivity index (χ3v) is 8.27. The smallest absolute Gasteiger partial charge is 0.266 e. The molecule has 5 rings (SSSR count). The lowest BCUT2D eigenvalue weighted by Crippen LogP contribution is -2.29. The number of hydrogen-bond acceptors (Lipinski definition) is 7. The van der Waals surface area contributed by atoms with Gasteiger partial charge in [-0.2, -0.15) is 0 Å². The molecule has 1 aliphatic rings. The Balaban J connectivity index is 1.20. The van der Waals surface area contributed by atoms with Crippen molar-refractivity contribution in [2.24, 2.45) is 0 Å². The number of hydrogen-bond donors (Lipinski definition) is 1. The Morgan fingerprint density at radius 2 is 1.39 bits per heavy atom. The van der Waals surface area contributed by atoms with E-state index in [2.05, 4.69) is 5.32 Å². The zero-order chi connectivity index (χ0) is 29.1. The van der Waals surface area contributed by atoms with Crippen LogP contribution in [0.15, 0.2) is 95.9 Å². The Morgan fingerprint density at radius 3 is 2.05 bits per heavy atom. The van der Waals surface area contributed by atoms with Gasteiger partial charge >= 0.3 is 0 Å². The number of ether oxygens (including phenoxy) is 2. The van der Waals surface area contributed by atoms with E-state index < -0.39 is 27.6 Å². The van der Waals surface area contributed by atoms with Gasteiger partial charge in [-0.15, -0.1) is 0 Å².